The molecule has 5 nitrogen and oxygen atoms in total. The number of hydrogen-bond donors (Lipinski definition) is 1. The maximum absolute atomic E-state index is 12.8. The zero-order valence-electron chi connectivity index (χ0n) is 19.6. The number of carbonyl (C=O) groups is 1. The number of nitrogens with one attached hydrogen (secondary N) is 1. The molecular weight excluding hydrogens is 481 g/mol. The minimum absolute atomic E-state index is 0.0465. The molecule has 1 amide bonds. The third kappa shape index (κ3) is 6.51. The van der Waals surface area contributed by atoms with Crippen LogP contribution in [0.4, 0.5) is 0 Å². The molecule has 3 aromatic carbocycles. The Morgan fingerprint density at radius 1 is 0.943 bits per heavy atom. The Kier molecular flexibility index (Phi) is 8.24. The molecule has 0 unspecified atom stereocenters. The van der Waals surface area contributed by atoms with E-state index in [0.717, 1.165) is 16.7 Å². The Morgan fingerprint density at radius 2 is 1.60 bits per heavy atom. The molecule has 0 aliphatic heterocycles. The van der Waals surface area contributed by atoms with Crippen LogP contribution in [0.15, 0.2) is 89.5 Å². The molecule has 35 heavy (non-hydrogen) atoms. The molecule has 2 atom stereocenters. The molecule has 0 spiro atoms. The summed E-state index contributed by atoms with van der Waals surface area (Å²) in [6, 6.07) is 25.4. The fourth-order valence-corrected chi connectivity index (χ4v) is 4.37. The number of benzene rings is 3. The summed E-state index contributed by atoms with van der Waals surface area (Å²) in [7, 11) is 0. The second kappa shape index (κ2) is 11.5. The van der Waals surface area contributed by atoms with Crippen LogP contribution in [0.2, 0.25) is 10.0 Å². The molecule has 0 radical (unpaired) electrons. The van der Waals surface area contributed by atoms with Gasteiger partial charge in [0.15, 0.2) is 5.69 Å². The standard InChI is InChI=1S/C28H27Cl2N3O2/c1-19(21-9-5-3-6-10-21)31-28(34)26-18-35-27(32-26)17-33(20(2)22-11-7-4-8-12-22)16-23-13-14-24(29)15-25(23)30/h3-15,18-20H,16-17H2,1-2H3,(H,31,34)/t19-,20+/m0/s1. The van der Waals surface area contributed by atoms with Gasteiger partial charge in [-0.3, -0.25) is 9.69 Å². The van der Waals surface area contributed by atoms with Crippen molar-refractivity contribution in [2.75, 3.05) is 0 Å². The quantitative estimate of drug-likeness (QED) is 0.259. The molecule has 0 bridgehead atoms. The molecule has 7 heteroatoms. The maximum atomic E-state index is 12.8. The highest BCUT2D eigenvalue weighted by molar-refractivity contribution is 6.35. The smallest absolute Gasteiger partial charge is 0.273 e. The number of oxazole rings is 1. The van der Waals surface area contributed by atoms with E-state index in [1.54, 1.807) is 6.07 Å². The SMILES string of the molecule is C[C@H](NC(=O)c1coc(CN(Cc2ccc(Cl)cc2Cl)[C@H](C)c2ccccc2)n1)c1ccccc1. The number of hydrogen-bond acceptors (Lipinski definition) is 4. The average Bonchev–Trinajstić information content (AvgIpc) is 3.34. The summed E-state index contributed by atoms with van der Waals surface area (Å²) in [4.78, 5) is 19.4. The lowest BCUT2D eigenvalue weighted by Crippen LogP contribution is -2.28. The van der Waals surface area contributed by atoms with Crippen molar-refractivity contribution < 1.29 is 9.21 Å². The first kappa shape index (κ1) is 25.0. The minimum atomic E-state index is -0.278. The normalized spacial score (nSPS) is 12.9. The zero-order valence-corrected chi connectivity index (χ0v) is 21.1. The van der Waals surface area contributed by atoms with Gasteiger partial charge >= 0.3 is 0 Å². The molecule has 0 fully saturated rings. The Hall–Kier alpha value is -3.12. The molecule has 0 aliphatic rings. The predicted octanol–water partition coefficient (Wildman–Crippen LogP) is 7.24. The molecule has 180 valence electrons. The van der Waals surface area contributed by atoms with Gasteiger partial charge < -0.3 is 9.73 Å². The highest BCUT2D eigenvalue weighted by Crippen LogP contribution is 2.28. The first-order valence-corrected chi connectivity index (χ1v) is 12.2. The fraction of sp³-hybridized carbons (Fsp3) is 0.214. The van der Waals surface area contributed by atoms with Crippen molar-refractivity contribution >= 4 is 29.1 Å². The largest absolute Gasteiger partial charge is 0.447 e. The van der Waals surface area contributed by atoms with Crippen molar-refractivity contribution in [1.29, 1.82) is 0 Å². The summed E-state index contributed by atoms with van der Waals surface area (Å²) >= 11 is 12.6. The molecule has 4 aromatic rings. The summed E-state index contributed by atoms with van der Waals surface area (Å²) in [5, 5.41) is 4.17. The lowest BCUT2D eigenvalue weighted by atomic mass is 10.1. The molecule has 0 aliphatic carbocycles. The van der Waals surface area contributed by atoms with Gasteiger partial charge in [0.05, 0.1) is 12.6 Å². The van der Waals surface area contributed by atoms with Gasteiger partial charge in [-0.2, -0.15) is 0 Å². The van der Waals surface area contributed by atoms with Crippen LogP contribution < -0.4 is 5.32 Å². The summed E-state index contributed by atoms with van der Waals surface area (Å²) < 4.78 is 5.71. The van der Waals surface area contributed by atoms with Crippen LogP contribution in [0, 0.1) is 0 Å². The van der Waals surface area contributed by atoms with Crippen LogP contribution in [-0.4, -0.2) is 15.8 Å². The third-order valence-electron chi connectivity index (χ3n) is 5.99. The third-order valence-corrected chi connectivity index (χ3v) is 6.58. The van der Waals surface area contributed by atoms with Crippen molar-refractivity contribution in [3.63, 3.8) is 0 Å². The van der Waals surface area contributed by atoms with E-state index in [2.05, 4.69) is 34.3 Å². The lowest BCUT2D eigenvalue weighted by molar-refractivity contribution is 0.0934. The van der Waals surface area contributed by atoms with E-state index in [4.69, 9.17) is 27.6 Å². The van der Waals surface area contributed by atoms with E-state index in [1.165, 1.54) is 6.26 Å². The first-order chi connectivity index (χ1) is 16.9. The number of halogens is 2. The van der Waals surface area contributed by atoms with Gasteiger partial charge in [0.2, 0.25) is 5.89 Å². The fourth-order valence-electron chi connectivity index (χ4n) is 3.90. The Morgan fingerprint density at radius 3 is 2.26 bits per heavy atom. The summed E-state index contributed by atoms with van der Waals surface area (Å²) in [5.41, 5.74) is 3.37. The summed E-state index contributed by atoms with van der Waals surface area (Å²) in [5.74, 6) is 0.176. The molecule has 0 saturated carbocycles. The number of nitrogens with zero attached hydrogens (tertiary/aromatic N) is 2. The van der Waals surface area contributed by atoms with Crippen LogP contribution >= 0.6 is 23.2 Å². The summed E-state index contributed by atoms with van der Waals surface area (Å²) in [6.07, 6.45) is 1.41. The van der Waals surface area contributed by atoms with Crippen molar-refractivity contribution in [2.45, 2.75) is 39.0 Å². The minimum Gasteiger partial charge on any atom is -0.447 e. The second-order valence-electron chi connectivity index (χ2n) is 8.46. The maximum Gasteiger partial charge on any atom is 0.273 e. The van der Waals surface area contributed by atoms with Gasteiger partial charge in [-0.15, -0.1) is 0 Å². The molecule has 0 saturated heterocycles. The van der Waals surface area contributed by atoms with Gasteiger partial charge in [0.25, 0.3) is 5.91 Å². The van der Waals surface area contributed by atoms with Gasteiger partial charge in [-0.05, 0) is 42.7 Å². The van der Waals surface area contributed by atoms with Crippen LogP contribution in [-0.2, 0) is 13.1 Å². The van der Waals surface area contributed by atoms with Crippen molar-refractivity contribution in [3.05, 3.63) is 123 Å². The van der Waals surface area contributed by atoms with Crippen molar-refractivity contribution in [3.8, 4) is 0 Å². The van der Waals surface area contributed by atoms with Crippen molar-refractivity contribution in [1.82, 2.24) is 15.2 Å². The molecule has 1 heterocycles. The number of aromatic nitrogens is 1. The van der Waals surface area contributed by atoms with Crippen LogP contribution in [0.5, 0.6) is 0 Å². The number of carbonyl (C=O) groups excluding carboxylic acids is 1. The van der Waals surface area contributed by atoms with E-state index in [-0.39, 0.29) is 23.7 Å². The second-order valence-corrected chi connectivity index (χ2v) is 9.30. The van der Waals surface area contributed by atoms with Gasteiger partial charge in [0, 0.05) is 22.6 Å². The van der Waals surface area contributed by atoms with Gasteiger partial charge in [0.1, 0.15) is 6.26 Å². The Balaban J connectivity index is 1.51. The Bertz CT molecular complexity index is 1260. The van der Waals surface area contributed by atoms with Crippen LogP contribution in [0.25, 0.3) is 0 Å². The van der Waals surface area contributed by atoms with E-state index >= 15 is 0 Å². The number of amides is 1. The molecular formula is C28H27Cl2N3O2. The molecule has 1 aromatic heterocycles. The highest BCUT2D eigenvalue weighted by atomic mass is 35.5. The highest BCUT2D eigenvalue weighted by Gasteiger charge is 2.22. The van der Waals surface area contributed by atoms with E-state index in [1.807, 2.05) is 67.6 Å². The average molecular weight is 508 g/mol. The monoisotopic (exact) mass is 507 g/mol. The molecule has 4 rings (SSSR count). The van der Waals surface area contributed by atoms with Gasteiger partial charge in [-0.1, -0.05) is 89.9 Å². The lowest BCUT2D eigenvalue weighted by Gasteiger charge is -2.28. The zero-order chi connectivity index (χ0) is 24.8. The Labute approximate surface area is 215 Å². The van der Waals surface area contributed by atoms with E-state index in [9.17, 15) is 4.79 Å². The topological polar surface area (TPSA) is 58.4 Å². The first-order valence-electron chi connectivity index (χ1n) is 11.4. The predicted molar refractivity (Wildman–Crippen MR) is 139 cm³/mol. The summed E-state index contributed by atoms with van der Waals surface area (Å²) in [6.45, 7) is 5.02. The van der Waals surface area contributed by atoms with Crippen LogP contribution in [0.1, 0.15) is 59.0 Å². The van der Waals surface area contributed by atoms with Crippen molar-refractivity contribution in [2.24, 2.45) is 0 Å². The van der Waals surface area contributed by atoms with Gasteiger partial charge in [-0.25, -0.2) is 4.98 Å². The number of rotatable bonds is 9. The van der Waals surface area contributed by atoms with Crippen LogP contribution in [0.3, 0.4) is 0 Å². The van der Waals surface area contributed by atoms with E-state index < -0.39 is 0 Å². The molecule has 1 N–H and O–H groups in total. The van der Waals surface area contributed by atoms with E-state index in [0.29, 0.717) is 29.0 Å².